The van der Waals surface area contributed by atoms with Gasteiger partial charge in [-0.1, -0.05) is 6.07 Å². The quantitative estimate of drug-likeness (QED) is 0.793. The molecule has 5 N–H and O–H groups in total. The number of nitrogens with zero attached hydrogens (tertiary/aromatic N) is 2. The lowest BCUT2D eigenvalue weighted by Gasteiger charge is -2.20. The van der Waals surface area contributed by atoms with Crippen LogP contribution in [0, 0.1) is 13.8 Å². The van der Waals surface area contributed by atoms with Crippen LogP contribution in [0.2, 0.25) is 0 Å². The van der Waals surface area contributed by atoms with Crippen molar-refractivity contribution in [2.75, 3.05) is 18.9 Å². The van der Waals surface area contributed by atoms with E-state index in [1.807, 2.05) is 6.92 Å². The van der Waals surface area contributed by atoms with E-state index < -0.39 is 5.91 Å². The highest BCUT2D eigenvalue weighted by Gasteiger charge is 2.29. The summed E-state index contributed by atoms with van der Waals surface area (Å²) in [4.78, 5) is 12.0. The zero-order valence-electron chi connectivity index (χ0n) is 13.9. The van der Waals surface area contributed by atoms with Crippen LogP contribution in [0.15, 0.2) is 12.1 Å². The molecule has 1 aromatic carbocycles. The van der Waals surface area contributed by atoms with E-state index in [9.17, 15) is 9.90 Å². The van der Waals surface area contributed by atoms with Crippen LogP contribution in [0.5, 0.6) is 5.75 Å². The van der Waals surface area contributed by atoms with Crippen LogP contribution in [0.3, 0.4) is 0 Å². The summed E-state index contributed by atoms with van der Waals surface area (Å²) in [5, 5.41) is 14.6. The summed E-state index contributed by atoms with van der Waals surface area (Å²) in [6, 6.07) is 3.42. The number of aryl methyl sites for hydroxylation is 1. The number of carbonyl (C=O) groups is 1. The van der Waals surface area contributed by atoms with E-state index in [4.69, 9.17) is 16.2 Å². The van der Waals surface area contributed by atoms with Crippen molar-refractivity contribution < 1.29 is 14.6 Å². The summed E-state index contributed by atoms with van der Waals surface area (Å²) in [6.07, 6.45) is 1.55. The number of phenols is 1. The predicted molar refractivity (Wildman–Crippen MR) is 90.4 cm³/mol. The Hall–Kier alpha value is -2.54. The highest BCUT2D eigenvalue weighted by Crippen LogP contribution is 2.35. The van der Waals surface area contributed by atoms with Gasteiger partial charge in [-0.3, -0.25) is 4.79 Å². The summed E-state index contributed by atoms with van der Waals surface area (Å²) < 4.78 is 6.91. The highest BCUT2D eigenvalue weighted by atomic mass is 16.5. The molecular formula is C17H22N4O3. The van der Waals surface area contributed by atoms with Gasteiger partial charge < -0.3 is 21.3 Å². The first-order valence-electron chi connectivity index (χ1n) is 7.97. The van der Waals surface area contributed by atoms with Crippen LogP contribution in [0.1, 0.15) is 45.9 Å². The number of hydrogen-bond donors (Lipinski definition) is 3. The monoisotopic (exact) mass is 330 g/mol. The van der Waals surface area contributed by atoms with Crippen molar-refractivity contribution in [1.29, 1.82) is 0 Å². The maximum Gasteiger partial charge on any atom is 0.254 e. The van der Waals surface area contributed by atoms with Gasteiger partial charge >= 0.3 is 0 Å². The standard InChI is InChI=1S/C17H22N4O3/c1-9-3-4-12(22)10(2)15(9)21-16(18)13(17(19)23)14(20-21)11-5-7-24-8-6-11/h3-4,11,22H,5-8,18H2,1-2H3,(H2,19,23). The van der Waals surface area contributed by atoms with E-state index in [1.165, 1.54) is 4.68 Å². The van der Waals surface area contributed by atoms with Crippen molar-refractivity contribution in [3.63, 3.8) is 0 Å². The van der Waals surface area contributed by atoms with E-state index in [1.54, 1.807) is 19.1 Å². The van der Waals surface area contributed by atoms with Crippen molar-refractivity contribution in [2.24, 2.45) is 5.73 Å². The Balaban J connectivity index is 2.20. The lowest BCUT2D eigenvalue weighted by atomic mass is 9.93. The van der Waals surface area contributed by atoms with Crippen molar-refractivity contribution in [3.05, 3.63) is 34.5 Å². The van der Waals surface area contributed by atoms with Crippen LogP contribution >= 0.6 is 0 Å². The van der Waals surface area contributed by atoms with Crippen LogP contribution in [-0.4, -0.2) is 34.0 Å². The second-order valence-corrected chi connectivity index (χ2v) is 6.18. The Morgan fingerprint density at radius 2 is 2.00 bits per heavy atom. The molecule has 1 aromatic heterocycles. The zero-order valence-corrected chi connectivity index (χ0v) is 13.9. The number of nitrogens with two attached hydrogens (primary N) is 2. The average Bonchev–Trinajstić information content (AvgIpc) is 2.90. The molecule has 1 fully saturated rings. The van der Waals surface area contributed by atoms with Crippen LogP contribution in [-0.2, 0) is 4.74 Å². The van der Waals surface area contributed by atoms with Crippen molar-refractivity contribution >= 4 is 11.7 Å². The molecule has 2 heterocycles. The van der Waals surface area contributed by atoms with Crippen LogP contribution in [0.4, 0.5) is 5.82 Å². The van der Waals surface area contributed by atoms with Crippen LogP contribution < -0.4 is 11.5 Å². The molecule has 0 atom stereocenters. The number of carbonyl (C=O) groups excluding carboxylic acids is 1. The minimum atomic E-state index is -0.587. The topological polar surface area (TPSA) is 116 Å². The molecule has 24 heavy (non-hydrogen) atoms. The molecule has 0 radical (unpaired) electrons. The molecule has 1 amide bonds. The fraction of sp³-hybridized carbons (Fsp3) is 0.412. The molecule has 7 heteroatoms. The third kappa shape index (κ3) is 2.60. The first-order chi connectivity index (χ1) is 11.4. The minimum Gasteiger partial charge on any atom is -0.508 e. The lowest BCUT2D eigenvalue weighted by Crippen LogP contribution is -2.20. The maximum absolute atomic E-state index is 12.0. The molecule has 1 aliphatic heterocycles. The largest absolute Gasteiger partial charge is 0.508 e. The summed E-state index contributed by atoms with van der Waals surface area (Å²) in [7, 11) is 0. The van der Waals surface area contributed by atoms with Gasteiger partial charge in [-0.25, -0.2) is 4.68 Å². The fourth-order valence-corrected chi connectivity index (χ4v) is 3.28. The molecule has 1 saturated heterocycles. The number of aromatic hydroxyl groups is 1. The SMILES string of the molecule is Cc1ccc(O)c(C)c1-n1nc(C2CCOCC2)c(C(N)=O)c1N. The Kier molecular flexibility index (Phi) is 4.19. The van der Waals surface area contributed by atoms with Crippen LogP contribution in [0.25, 0.3) is 5.69 Å². The molecule has 0 saturated carbocycles. The lowest BCUT2D eigenvalue weighted by molar-refractivity contribution is 0.0836. The Morgan fingerprint density at radius 1 is 1.33 bits per heavy atom. The predicted octanol–water partition coefficient (Wildman–Crippen LogP) is 1.77. The molecule has 7 nitrogen and oxygen atoms in total. The normalized spacial score (nSPS) is 15.6. The van der Waals surface area contributed by atoms with E-state index >= 15 is 0 Å². The minimum absolute atomic E-state index is 0.0859. The van der Waals surface area contributed by atoms with Gasteiger partial charge in [0.1, 0.15) is 17.1 Å². The summed E-state index contributed by atoms with van der Waals surface area (Å²) in [5.41, 5.74) is 14.9. The Bertz CT molecular complexity index is 792. The van der Waals surface area contributed by atoms with Gasteiger partial charge in [0.2, 0.25) is 0 Å². The maximum atomic E-state index is 12.0. The number of primary amides is 1. The molecule has 1 aliphatic rings. The van der Waals surface area contributed by atoms with E-state index in [2.05, 4.69) is 5.10 Å². The second-order valence-electron chi connectivity index (χ2n) is 6.18. The van der Waals surface area contributed by atoms with Gasteiger partial charge in [-0.2, -0.15) is 5.10 Å². The van der Waals surface area contributed by atoms with Crippen molar-refractivity contribution in [1.82, 2.24) is 9.78 Å². The van der Waals surface area contributed by atoms with Gasteiger partial charge in [-0.15, -0.1) is 0 Å². The molecule has 0 aliphatic carbocycles. The third-order valence-electron chi connectivity index (χ3n) is 4.62. The third-order valence-corrected chi connectivity index (χ3v) is 4.62. The number of benzene rings is 1. The summed E-state index contributed by atoms with van der Waals surface area (Å²) in [6.45, 7) is 4.94. The Labute approximate surface area is 140 Å². The fourth-order valence-electron chi connectivity index (χ4n) is 3.28. The van der Waals surface area contributed by atoms with Gasteiger partial charge in [-0.05, 0) is 38.3 Å². The van der Waals surface area contributed by atoms with Gasteiger partial charge in [0.05, 0.1) is 11.4 Å². The highest BCUT2D eigenvalue weighted by molar-refractivity contribution is 5.99. The number of rotatable bonds is 3. The van der Waals surface area contributed by atoms with E-state index in [0.29, 0.717) is 30.2 Å². The second kappa shape index (κ2) is 6.16. The van der Waals surface area contributed by atoms with Gasteiger partial charge in [0, 0.05) is 24.7 Å². The molecular weight excluding hydrogens is 308 g/mol. The average molecular weight is 330 g/mol. The number of aromatic nitrogens is 2. The molecule has 0 bridgehead atoms. The van der Waals surface area contributed by atoms with E-state index in [0.717, 1.165) is 18.4 Å². The molecule has 128 valence electrons. The zero-order chi connectivity index (χ0) is 17.4. The van der Waals surface area contributed by atoms with Gasteiger partial charge in [0.25, 0.3) is 5.91 Å². The number of nitrogen functional groups attached to an aromatic ring is 1. The first-order valence-corrected chi connectivity index (χ1v) is 7.97. The van der Waals surface area contributed by atoms with E-state index in [-0.39, 0.29) is 23.0 Å². The number of phenolic OH excluding ortho intramolecular Hbond substituents is 1. The summed E-state index contributed by atoms with van der Waals surface area (Å²) >= 11 is 0. The smallest absolute Gasteiger partial charge is 0.254 e. The number of ether oxygens (including phenoxy) is 1. The van der Waals surface area contributed by atoms with Crippen molar-refractivity contribution in [2.45, 2.75) is 32.6 Å². The Morgan fingerprint density at radius 3 is 2.62 bits per heavy atom. The summed E-state index contributed by atoms with van der Waals surface area (Å²) in [5.74, 6) is -0.141. The number of amides is 1. The molecule has 3 rings (SSSR count). The molecule has 2 aromatic rings. The number of anilines is 1. The molecule has 0 spiro atoms. The molecule has 0 unspecified atom stereocenters. The van der Waals surface area contributed by atoms with Gasteiger partial charge in [0.15, 0.2) is 0 Å². The number of hydrogen-bond acceptors (Lipinski definition) is 5. The van der Waals surface area contributed by atoms with Crippen molar-refractivity contribution in [3.8, 4) is 11.4 Å². The first kappa shape index (κ1) is 16.3.